The average molecular weight is 257 g/mol. The van der Waals surface area contributed by atoms with Crippen molar-refractivity contribution in [2.24, 2.45) is 11.8 Å². The lowest BCUT2D eigenvalue weighted by molar-refractivity contribution is 0.181. The van der Waals surface area contributed by atoms with E-state index < -0.39 is 0 Å². The van der Waals surface area contributed by atoms with Gasteiger partial charge in [-0.2, -0.15) is 0 Å². The van der Waals surface area contributed by atoms with Gasteiger partial charge in [-0.3, -0.25) is 4.90 Å². The van der Waals surface area contributed by atoms with E-state index in [1.54, 1.807) is 24.5 Å². The summed E-state index contributed by atoms with van der Waals surface area (Å²) in [5.41, 5.74) is 0. The molecule has 0 N–H and O–H groups in total. The van der Waals surface area contributed by atoms with E-state index >= 15 is 0 Å². The molecule has 2 rings (SSSR count). The molecule has 0 aliphatic carbocycles. The summed E-state index contributed by atoms with van der Waals surface area (Å²) in [6.07, 6.45) is 8.38. The van der Waals surface area contributed by atoms with Gasteiger partial charge in [-0.15, -0.1) is 0 Å². The van der Waals surface area contributed by atoms with Gasteiger partial charge in [-0.1, -0.05) is 50.6 Å². The number of benzene rings is 1. The first kappa shape index (κ1) is 13.4. The Labute approximate surface area is 114 Å². The lowest BCUT2D eigenvalue weighted by Crippen LogP contribution is -2.26. The molecule has 100 valence electrons. The number of para-hydroxylation sites is 1. The highest BCUT2D eigenvalue weighted by Gasteiger charge is 2.17. The molecule has 0 fully saturated rings. The average Bonchev–Trinajstić information content (AvgIpc) is 2.47. The molecule has 0 saturated carbocycles. The Morgan fingerprint density at radius 2 is 1.89 bits per heavy atom. The Hall–Kier alpha value is -2.03. The van der Waals surface area contributed by atoms with E-state index in [0.717, 1.165) is 6.42 Å². The summed E-state index contributed by atoms with van der Waals surface area (Å²) >= 11 is 0. The van der Waals surface area contributed by atoms with Crippen LogP contribution in [0, 0.1) is 11.8 Å². The molecule has 1 aliphatic heterocycles. The number of rotatable bonds is 3. The third-order valence-electron chi connectivity index (χ3n) is 3.40. The van der Waals surface area contributed by atoms with Crippen LogP contribution in [0.25, 0.3) is 0 Å². The van der Waals surface area contributed by atoms with Crippen molar-refractivity contribution in [1.29, 1.82) is 0 Å². The Kier molecular flexibility index (Phi) is 4.39. The van der Waals surface area contributed by atoms with Crippen LogP contribution < -0.4 is 4.74 Å². The van der Waals surface area contributed by atoms with Crippen molar-refractivity contribution in [1.82, 2.24) is 4.90 Å². The van der Waals surface area contributed by atoms with Crippen LogP contribution in [0.5, 0.6) is 5.75 Å². The van der Waals surface area contributed by atoms with Crippen LogP contribution >= 0.6 is 0 Å². The van der Waals surface area contributed by atoms with Gasteiger partial charge >= 0.3 is 6.09 Å². The van der Waals surface area contributed by atoms with Gasteiger partial charge in [0, 0.05) is 18.3 Å². The number of ether oxygens (including phenoxy) is 1. The molecule has 0 aromatic heterocycles. The van der Waals surface area contributed by atoms with Crippen molar-refractivity contribution in [3.8, 4) is 5.75 Å². The number of carbonyl (C=O) groups is 1. The van der Waals surface area contributed by atoms with Gasteiger partial charge in [0.15, 0.2) is 0 Å². The smallest absolute Gasteiger partial charge is 0.410 e. The van der Waals surface area contributed by atoms with Crippen LogP contribution in [0.3, 0.4) is 0 Å². The van der Waals surface area contributed by atoms with Crippen LogP contribution in [0.15, 0.2) is 54.9 Å². The van der Waals surface area contributed by atoms with Crippen LogP contribution in [0.2, 0.25) is 0 Å². The van der Waals surface area contributed by atoms with E-state index in [0.29, 0.717) is 17.6 Å². The van der Waals surface area contributed by atoms with Crippen molar-refractivity contribution in [2.75, 3.05) is 0 Å². The maximum Gasteiger partial charge on any atom is 0.423 e. The minimum Gasteiger partial charge on any atom is -0.410 e. The molecule has 0 saturated heterocycles. The first-order chi connectivity index (χ1) is 9.20. The molecule has 1 unspecified atom stereocenters. The number of hydrogen-bond acceptors (Lipinski definition) is 2. The fourth-order valence-corrected chi connectivity index (χ4v) is 1.91. The van der Waals surface area contributed by atoms with Gasteiger partial charge in [0.2, 0.25) is 0 Å². The van der Waals surface area contributed by atoms with E-state index in [1.165, 1.54) is 4.90 Å². The predicted molar refractivity (Wildman–Crippen MR) is 75.5 cm³/mol. The Morgan fingerprint density at radius 1 is 1.26 bits per heavy atom. The quantitative estimate of drug-likeness (QED) is 0.812. The number of carbonyl (C=O) groups excluding carboxylic acids is 1. The van der Waals surface area contributed by atoms with Crippen molar-refractivity contribution < 1.29 is 9.53 Å². The van der Waals surface area contributed by atoms with Gasteiger partial charge in [0.05, 0.1) is 0 Å². The largest absolute Gasteiger partial charge is 0.423 e. The number of nitrogens with zero attached hydrogens (tertiary/aromatic N) is 1. The highest BCUT2D eigenvalue weighted by atomic mass is 16.6. The second-order valence-corrected chi connectivity index (χ2v) is 4.73. The minimum atomic E-state index is -0.388. The number of amides is 1. The van der Waals surface area contributed by atoms with Crippen molar-refractivity contribution in [2.45, 2.75) is 20.3 Å². The first-order valence-electron chi connectivity index (χ1n) is 6.62. The lowest BCUT2D eigenvalue weighted by atomic mass is 9.91. The highest BCUT2D eigenvalue weighted by Crippen LogP contribution is 2.22. The molecule has 1 amide bonds. The minimum absolute atomic E-state index is 0.388. The normalized spacial score (nSPS) is 16.4. The standard InChI is InChI=1S/C16H19NO2/c1-3-13(2)14-9-11-17(12-10-14)16(18)19-15-7-5-4-6-8-15/h4-14H,3H2,1-2H3. The summed E-state index contributed by atoms with van der Waals surface area (Å²) < 4.78 is 5.26. The summed E-state index contributed by atoms with van der Waals surface area (Å²) in [5, 5.41) is 0. The first-order valence-corrected chi connectivity index (χ1v) is 6.62. The monoisotopic (exact) mass is 257 g/mol. The molecule has 1 aromatic rings. The fraction of sp³-hybridized carbons (Fsp3) is 0.312. The third kappa shape index (κ3) is 3.47. The van der Waals surface area contributed by atoms with Crippen molar-refractivity contribution in [3.05, 3.63) is 54.9 Å². The van der Waals surface area contributed by atoms with E-state index in [1.807, 2.05) is 30.4 Å². The van der Waals surface area contributed by atoms with E-state index in [-0.39, 0.29) is 6.09 Å². The number of allylic oxidation sites excluding steroid dienone is 2. The maximum absolute atomic E-state index is 11.9. The number of hydrogen-bond donors (Lipinski definition) is 0. The van der Waals surface area contributed by atoms with Crippen LogP contribution in [0.4, 0.5) is 4.79 Å². The maximum atomic E-state index is 11.9. The second kappa shape index (κ2) is 6.23. The molecule has 1 aromatic carbocycles. The zero-order chi connectivity index (χ0) is 13.7. The molecule has 19 heavy (non-hydrogen) atoms. The molecule has 0 radical (unpaired) electrons. The second-order valence-electron chi connectivity index (χ2n) is 4.73. The summed E-state index contributed by atoms with van der Waals surface area (Å²) in [6.45, 7) is 4.37. The van der Waals surface area contributed by atoms with Gasteiger partial charge in [0.25, 0.3) is 0 Å². The summed E-state index contributed by atoms with van der Waals surface area (Å²) in [7, 11) is 0. The molecule has 0 spiro atoms. The SMILES string of the molecule is CCC(C)C1C=CN(C(=O)Oc2ccccc2)C=C1. The van der Waals surface area contributed by atoms with Gasteiger partial charge in [-0.05, 0) is 18.1 Å². The van der Waals surface area contributed by atoms with Crippen LogP contribution in [0.1, 0.15) is 20.3 Å². The molecule has 3 heteroatoms. The molecule has 1 atom stereocenters. The Bertz CT molecular complexity index is 465. The lowest BCUT2D eigenvalue weighted by Gasteiger charge is -2.22. The van der Waals surface area contributed by atoms with E-state index in [9.17, 15) is 4.79 Å². The Balaban J connectivity index is 1.94. The summed E-state index contributed by atoms with van der Waals surface area (Å²) in [6, 6.07) is 9.08. The van der Waals surface area contributed by atoms with E-state index in [2.05, 4.69) is 13.8 Å². The zero-order valence-corrected chi connectivity index (χ0v) is 11.3. The van der Waals surface area contributed by atoms with Crippen LogP contribution in [-0.4, -0.2) is 11.0 Å². The van der Waals surface area contributed by atoms with Gasteiger partial charge in [0.1, 0.15) is 5.75 Å². The molecule has 1 aliphatic rings. The van der Waals surface area contributed by atoms with Crippen molar-refractivity contribution in [3.63, 3.8) is 0 Å². The summed E-state index contributed by atoms with van der Waals surface area (Å²) in [5.74, 6) is 1.53. The van der Waals surface area contributed by atoms with E-state index in [4.69, 9.17) is 4.74 Å². The topological polar surface area (TPSA) is 29.5 Å². The molecular weight excluding hydrogens is 238 g/mol. The van der Waals surface area contributed by atoms with Gasteiger partial charge < -0.3 is 4.74 Å². The zero-order valence-electron chi connectivity index (χ0n) is 11.3. The molecule has 1 heterocycles. The molecule has 3 nitrogen and oxygen atoms in total. The molecular formula is C16H19NO2. The summed E-state index contributed by atoms with van der Waals surface area (Å²) in [4.78, 5) is 13.4. The highest BCUT2D eigenvalue weighted by molar-refractivity contribution is 5.73. The third-order valence-corrected chi connectivity index (χ3v) is 3.40. The van der Waals surface area contributed by atoms with Gasteiger partial charge in [-0.25, -0.2) is 4.79 Å². The van der Waals surface area contributed by atoms with Crippen LogP contribution in [-0.2, 0) is 0 Å². The Morgan fingerprint density at radius 3 is 2.47 bits per heavy atom. The fourth-order valence-electron chi connectivity index (χ4n) is 1.91. The molecule has 0 bridgehead atoms. The predicted octanol–water partition coefficient (Wildman–Crippen LogP) is 4.19. The van der Waals surface area contributed by atoms with Crippen molar-refractivity contribution >= 4 is 6.09 Å².